The number of ether oxygens (including phenoxy) is 1. The molecule has 0 saturated carbocycles. The zero-order valence-corrected chi connectivity index (χ0v) is 10.1. The van der Waals surface area contributed by atoms with Crippen molar-refractivity contribution in [2.24, 2.45) is 5.73 Å². The lowest BCUT2D eigenvalue weighted by atomic mass is 10.1. The van der Waals surface area contributed by atoms with Gasteiger partial charge in [-0.15, -0.1) is 11.3 Å². The number of thiophene rings is 1. The fourth-order valence-corrected chi connectivity index (χ4v) is 2.06. The van der Waals surface area contributed by atoms with Gasteiger partial charge in [-0.05, 0) is 11.4 Å². The van der Waals surface area contributed by atoms with E-state index in [1.807, 2.05) is 17.5 Å². The number of alkyl carbamates (subject to hydrolysis) is 1. The maximum atomic E-state index is 11.1. The molecule has 0 aliphatic rings. The van der Waals surface area contributed by atoms with Gasteiger partial charge in [0, 0.05) is 11.3 Å². The molecule has 6 nitrogen and oxygen atoms in total. The van der Waals surface area contributed by atoms with Crippen molar-refractivity contribution >= 4 is 23.3 Å². The van der Waals surface area contributed by atoms with Crippen molar-refractivity contribution in [2.45, 2.75) is 18.6 Å². The van der Waals surface area contributed by atoms with E-state index >= 15 is 0 Å². The second-order valence-corrected chi connectivity index (χ2v) is 4.41. The molecule has 2 unspecified atom stereocenters. The highest BCUT2D eigenvalue weighted by molar-refractivity contribution is 7.09. The molecular weight excluding hydrogens is 244 g/mol. The number of rotatable bonds is 5. The van der Waals surface area contributed by atoms with E-state index in [1.54, 1.807) is 0 Å². The Kier molecular flexibility index (Phi) is 4.92. The number of carbonyl (C=O) groups is 2. The first-order chi connectivity index (χ1) is 8.04. The number of primary amides is 1. The fourth-order valence-electron chi connectivity index (χ4n) is 1.30. The standard InChI is InChI=1S/C10H14N2O4S/c1-16-10(15)12-7(8(13)9(11)14)5-6-3-2-4-17-6/h2-4,7-8,13H,5H2,1H3,(H2,11,14)(H,12,15). The van der Waals surface area contributed by atoms with Crippen LogP contribution in [0.2, 0.25) is 0 Å². The average Bonchev–Trinajstić information content (AvgIpc) is 2.79. The molecule has 0 aliphatic heterocycles. The monoisotopic (exact) mass is 258 g/mol. The summed E-state index contributed by atoms with van der Waals surface area (Å²) in [5.41, 5.74) is 5.01. The van der Waals surface area contributed by atoms with Gasteiger partial charge in [-0.1, -0.05) is 6.07 Å². The average molecular weight is 258 g/mol. The van der Waals surface area contributed by atoms with Crippen molar-refractivity contribution in [1.82, 2.24) is 5.32 Å². The topological polar surface area (TPSA) is 102 Å². The third-order valence-electron chi connectivity index (χ3n) is 2.16. The summed E-state index contributed by atoms with van der Waals surface area (Å²) in [6.07, 6.45) is -1.85. The van der Waals surface area contributed by atoms with Crippen molar-refractivity contribution in [3.8, 4) is 0 Å². The third-order valence-corrected chi connectivity index (χ3v) is 3.06. The molecule has 0 aliphatic carbocycles. The van der Waals surface area contributed by atoms with Crippen molar-refractivity contribution in [2.75, 3.05) is 7.11 Å². The maximum Gasteiger partial charge on any atom is 0.407 e. The lowest BCUT2D eigenvalue weighted by Gasteiger charge is -2.20. The van der Waals surface area contributed by atoms with Crippen LogP contribution in [-0.4, -0.2) is 36.4 Å². The Hall–Kier alpha value is -1.60. The van der Waals surface area contributed by atoms with Crippen LogP contribution < -0.4 is 11.1 Å². The number of aliphatic hydroxyl groups is 1. The number of carbonyl (C=O) groups excluding carboxylic acids is 2. The molecule has 0 bridgehead atoms. The first kappa shape index (κ1) is 13.5. The number of aliphatic hydroxyl groups excluding tert-OH is 1. The van der Waals surface area contributed by atoms with Crippen LogP contribution in [0.4, 0.5) is 4.79 Å². The second kappa shape index (κ2) is 6.21. The van der Waals surface area contributed by atoms with Gasteiger partial charge in [-0.3, -0.25) is 4.79 Å². The largest absolute Gasteiger partial charge is 0.453 e. The van der Waals surface area contributed by atoms with E-state index in [2.05, 4.69) is 10.1 Å². The summed E-state index contributed by atoms with van der Waals surface area (Å²) in [5.74, 6) is -0.886. The zero-order chi connectivity index (χ0) is 12.8. The van der Waals surface area contributed by atoms with Crippen LogP contribution in [0.25, 0.3) is 0 Å². The molecule has 0 fully saturated rings. The maximum absolute atomic E-state index is 11.1. The van der Waals surface area contributed by atoms with Gasteiger partial charge in [0.15, 0.2) is 6.10 Å². The van der Waals surface area contributed by atoms with E-state index in [4.69, 9.17) is 5.73 Å². The van der Waals surface area contributed by atoms with Gasteiger partial charge in [0.1, 0.15) is 0 Å². The summed E-state index contributed by atoms with van der Waals surface area (Å²) in [6.45, 7) is 0. The number of amides is 2. The minimum absolute atomic E-state index is 0.316. The minimum atomic E-state index is -1.45. The van der Waals surface area contributed by atoms with Gasteiger partial charge >= 0.3 is 6.09 Å². The Labute approximate surface area is 102 Å². The molecule has 4 N–H and O–H groups in total. The van der Waals surface area contributed by atoms with Gasteiger partial charge < -0.3 is 20.9 Å². The first-order valence-electron chi connectivity index (χ1n) is 4.89. The predicted molar refractivity (Wildman–Crippen MR) is 62.6 cm³/mol. The van der Waals surface area contributed by atoms with Crippen LogP contribution in [0.15, 0.2) is 17.5 Å². The van der Waals surface area contributed by atoms with Crippen LogP contribution in [-0.2, 0) is 16.0 Å². The summed E-state index contributed by atoms with van der Waals surface area (Å²) < 4.78 is 4.42. The van der Waals surface area contributed by atoms with E-state index in [0.29, 0.717) is 6.42 Å². The quantitative estimate of drug-likeness (QED) is 0.684. The van der Waals surface area contributed by atoms with Crippen LogP contribution in [0.3, 0.4) is 0 Å². The third kappa shape index (κ3) is 4.04. The lowest BCUT2D eigenvalue weighted by molar-refractivity contribution is -0.127. The summed E-state index contributed by atoms with van der Waals surface area (Å²) in [6, 6.07) is 2.88. The molecule has 2 amide bonds. The number of hydrogen-bond acceptors (Lipinski definition) is 5. The summed E-state index contributed by atoms with van der Waals surface area (Å²) in [4.78, 5) is 22.9. The molecule has 7 heteroatoms. The van der Waals surface area contributed by atoms with Gasteiger partial charge in [0.25, 0.3) is 0 Å². The van der Waals surface area contributed by atoms with E-state index in [9.17, 15) is 14.7 Å². The second-order valence-electron chi connectivity index (χ2n) is 3.37. The Balaban J connectivity index is 2.71. The van der Waals surface area contributed by atoms with E-state index < -0.39 is 24.1 Å². The molecule has 0 saturated heterocycles. The van der Waals surface area contributed by atoms with Gasteiger partial charge in [-0.2, -0.15) is 0 Å². The molecular formula is C10H14N2O4S. The van der Waals surface area contributed by atoms with Crippen LogP contribution >= 0.6 is 11.3 Å². The smallest absolute Gasteiger partial charge is 0.407 e. The van der Waals surface area contributed by atoms with E-state index in [0.717, 1.165) is 4.88 Å². The molecule has 0 spiro atoms. The molecule has 2 atom stereocenters. The van der Waals surface area contributed by atoms with Gasteiger partial charge in [-0.25, -0.2) is 4.79 Å². The Bertz CT molecular complexity index is 380. The Morgan fingerprint density at radius 2 is 2.35 bits per heavy atom. The number of nitrogens with one attached hydrogen (secondary N) is 1. The minimum Gasteiger partial charge on any atom is -0.453 e. The SMILES string of the molecule is COC(=O)NC(Cc1cccs1)C(O)C(N)=O. The lowest BCUT2D eigenvalue weighted by Crippen LogP contribution is -2.50. The molecule has 94 valence electrons. The van der Waals surface area contributed by atoms with Crippen LogP contribution in [0, 0.1) is 0 Å². The van der Waals surface area contributed by atoms with Crippen LogP contribution in [0.5, 0.6) is 0 Å². The van der Waals surface area contributed by atoms with Crippen molar-refractivity contribution in [3.05, 3.63) is 22.4 Å². The van der Waals surface area contributed by atoms with Gasteiger partial charge in [0.05, 0.1) is 13.2 Å². The molecule has 1 rings (SSSR count). The number of methoxy groups -OCH3 is 1. The number of hydrogen-bond donors (Lipinski definition) is 3. The summed E-state index contributed by atoms with van der Waals surface area (Å²) in [7, 11) is 1.20. The predicted octanol–water partition coefficient (Wildman–Crippen LogP) is -0.139. The van der Waals surface area contributed by atoms with Crippen molar-refractivity contribution < 1.29 is 19.4 Å². The molecule has 0 radical (unpaired) electrons. The molecule has 17 heavy (non-hydrogen) atoms. The molecule has 1 aromatic heterocycles. The highest BCUT2D eigenvalue weighted by Crippen LogP contribution is 2.13. The number of nitrogens with two attached hydrogens (primary N) is 1. The highest BCUT2D eigenvalue weighted by atomic mass is 32.1. The fraction of sp³-hybridized carbons (Fsp3) is 0.400. The van der Waals surface area contributed by atoms with Crippen LogP contribution in [0.1, 0.15) is 4.88 Å². The zero-order valence-electron chi connectivity index (χ0n) is 9.25. The summed E-state index contributed by atoms with van der Waals surface area (Å²) in [5, 5.41) is 13.8. The van der Waals surface area contributed by atoms with Crippen molar-refractivity contribution in [3.63, 3.8) is 0 Å². The van der Waals surface area contributed by atoms with E-state index in [1.165, 1.54) is 18.4 Å². The van der Waals surface area contributed by atoms with Gasteiger partial charge in [0.2, 0.25) is 5.91 Å². The Morgan fingerprint density at radius 3 is 2.82 bits per heavy atom. The molecule has 0 aromatic carbocycles. The Morgan fingerprint density at radius 1 is 1.65 bits per heavy atom. The summed E-state index contributed by atoms with van der Waals surface area (Å²) >= 11 is 1.46. The molecule has 1 aromatic rings. The normalized spacial score (nSPS) is 13.8. The first-order valence-corrected chi connectivity index (χ1v) is 5.76. The van der Waals surface area contributed by atoms with Crippen molar-refractivity contribution in [1.29, 1.82) is 0 Å². The molecule has 1 heterocycles. The highest BCUT2D eigenvalue weighted by Gasteiger charge is 2.26. The van der Waals surface area contributed by atoms with E-state index in [-0.39, 0.29) is 0 Å².